The SMILES string of the molecule is COc1cc(C(=O)NC(c2ccc(OC(F)(F)F)c(F)c2)c2ncccc2F)ncc1[N+](=O)[O-]. The Bertz CT molecular complexity index is 1240. The van der Waals surface area contributed by atoms with Crippen molar-refractivity contribution in [2.24, 2.45) is 0 Å². The molecule has 0 aliphatic carbocycles. The molecule has 0 saturated carbocycles. The number of ether oxygens (including phenoxy) is 2. The van der Waals surface area contributed by atoms with E-state index in [1.54, 1.807) is 0 Å². The van der Waals surface area contributed by atoms with E-state index in [0.717, 1.165) is 31.5 Å². The molecule has 1 N–H and O–H groups in total. The number of hydrogen-bond donors (Lipinski definition) is 1. The molecule has 0 aliphatic heterocycles. The summed E-state index contributed by atoms with van der Waals surface area (Å²) in [4.78, 5) is 30.5. The van der Waals surface area contributed by atoms with E-state index in [4.69, 9.17) is 4.74 Å². The molecule has 1 atom stereocenters. The summed E-state index contributed by atoms with van der Waals surface area (Å²) in [6, 6.07) is 3.99. The third-order valence-electron chi connectivity index (χ3n) is 4.35. The third-order valence-corrected chi connectivity index (χ3v) is 4.35. The quantitative estimate of drug-likeness (QED) is 0.305. The normalized spacial score (nSPS) is 12.1. The third kappa shape index (κ3) is 5.51. The Labute approximate surface area is 187 Å². The van der Waals surface area contributed by atoms with E-state index in [2.05, 4.69) is 20.0 Å². The lowest BCUT2D eigenvalue weighted by Gasteiger charge is -2.20. The first-order chi connectivity index (χ1) is 16.0. The summed E-state index contributed by atoms with van der Waals surface area (Å²) in [5.74, 6) is -4.74. The van der Waals surface area contributed by atoms with Gasteiger partial charge in [0.05, 0.1) is 18.1 Å². The Kier molecular flexibility index (Phi) is 6.89. The number of amides is 1. The van der Waals surface area contributed by atoms with E-state index >= 15 is 0 Å². The van der Waals surface area contributed by atoms with Crippen LogP contribution in [0.4, 0.5) is 27.6 Å². The second-order valence-electron chi connectivity index (χ2n) is 6.51. The molecule has 14 heteroatoms. The number of pyridine rings is 2. The number of hydrogen-bond acceptors (Lipinski definition) is 7. The van der Waals surface area contributed by atoms with Gasteiger partial charge in [0.15, 0.2) is 11.6 Å². The topological polar surface area (TPSA) is 116 Å². The Morgan fingerprint density at radius 2 is 1.85 bits per heavy atom. The van der Waals surface area contributed by atoms with Crippen LogP contribution in [-0.2, 0) is 0 Å². The van der Waals surface area contributed by atoms with Crippen LogP contribution in [0.5, 0.6) is 11.5 Å². The molecule has 1 unspecified atom stereocenters. The molecule has 2 aromatic heterocycles. The number of nitro groups is 1. The summed E-state index contributed by atoms with van der Waals surface area (Å²) in [6.07, 6.45) is -3.20. The summed E-state index contributed by atoms with van der Waals surface area (Å²) >= 11 is 0. The predicted octanol–water partition coefficient (Wildman–Crippen LogP) is 4.09. The largest absolute Gasteiger partial charge is 0.573 e. The van der Waals surface area contributed by atoms with Crippen LogP contribution < -0.4 is 14.8 Å². The van der Waals surface area contributed by atoms with E-state index in [9.17, 15) is 36.9 Å². The summed E-state index contributed by atoms with van der Waals surface area (Å²) in [5.41, 5.74) is -1.45. The molecule has 0 aliphatic rings. The molecule has 0 bridgehead atoms. The van der Waals surface area contributed by atoms with Gasteiger partial charge in [-0.2, -0.15) is 0 Å². The highest BCUT2D eigenvalue weighted by Gasteiger charge is 2.33. The fourth-order valence-electron chi connectivity index (χ4n) is 2.88. The summed E-state index contributed by atoms with van der Waals surface area (Å²) < 4.78 is 74.5. The molecule has 2 heterocycles. The van der Waals surface area contributed by atoms with E-state index in [-0.39, 0.29) is 22.7 Å². The molecule has 3 rings (SSSR count). The first-order valence-electron chi connectivity index (χ1n) is 9.15. The lowest BCUT2D eigenvalue weighted by molar-refractivity contribution is -0.386. The molecule has 178 valence electrons. The number of nitrogens with one attached hydrogen (secondary N) is 1. The van der Waals surface area contributed by atoms with Gasteiger partial charge >= 0.3 is 12.0 Å². The van der Waals surface area contributed by atoms with E-state index < -0.39 is 46.3 Å². The van der Waals surface area contributed by atoms with Crippen molar-refractivity contribution in [2.45, 2.75) is 12.4 Å². The minimum absolute atomic E-state index is 0.174. The summed E-state index contributed by atoms with van der Waals surface area (Å²) in [5, 5.41) is 13.4. The van der Waals surface area contributed by atoms with Crippen molar-refractivity contribution in [3.8, 4) is 11.5 Å². The van der Waals surface area contributed by atoms with E-state index in [1.807, 2.05) is 0 Å². The zero-order valence-corrected chi connectivity index (χ0v) is 17.0. The van der Waals surface area contributed by atoms with Crippen molar-refractivity contribution in [2.75, 3.05) is 7.11 Å². The van der Waals surface area contributed by atoms with Crippen LogP contribution in [0.1, 0.15) is 27.8 Å². The molecular weight excluding hydrogens is 471 g/mol. The molecule has 0 radical (unpaired) electrons. The maximum Gasteiger partial charge on any atom is 0.573 e. The van der Waals surface area contributed by atoms with Crippen LogP contribution in [-0.4, -0.2) is 34.3 Å². The van der Waals surface area contributed by atoms with Gasteiger partial charge in [0.25, 0.3) is 5.91 Å². The standard InChI is InChI=1S/C20H13F5N4O5/c1-33-16-8-13(27-9-14(16)29(31)32)19(30)28-17(18-11(21)3-2-6-26-18)10-4-5-15(12(22)7-10)34-20(23,24)25/h2-9,17H,1H3,(H,28,30). The fourth-order valence-corrected chi connectivity index (χ4v) is 2.88. The molecule has 0 fully saturated rings. The number of carbonyl (C=O) groups is 1. The highest BCUT2D eigenvalue weighted by atomic mass is 19.4. The molecule has 1 amide bonds. The zero-order valence-electron chi connectivity index (χ0n) is 17.0. The second kappa shape index (κ2) is 9.64. The van der Waals surface area contributed by atoms with Crippen molar-refractivity contribution >= 4 is 11.6 Å². The van der Waals surface area contributed by atoms with Gasteiger partial charge in [-0.05, 0) is 29.8 Å². The highest BCUT2D eigenvalue weighted by molar-refractivity contribution is 5.93. The van der Waals surface area contributed by atoms with Gasteiger partial charge < -0.3 is 14.8 Å². The van der Waals surface area contributed by atoms with Crippen molar-refractivity contribution < 1.29 is 41.1 Å². The average molecular weight is 484 g/mol. The smallest absolute Gasteiger partial charge is 0.490 e. The number of carbonyl (C=O) groups excluding carboxylic acids is 1. The molecule has 0 spiro atoms. The predicted molar refractivity (Wildman–Crippen MR) is 104 cm³/mol. The Morgan fingerprint density at radius 3 is 2.44 bits per heavy atom. The van der Waals surface area contributed by atoms with Gasteiger partial charge in [0.1, 0.15) is 23.4 Å². The molecule has 1 aromatic carbocycles. The number of aromatic nitrogens is 2. The van der Waals surface area contributed by atoms with Crippen LogP contribution in [0.3, 0.4) is 0 Å². The number of alkyl halides is 3. The lowest BCUT2D eigenvalue weighted by atomic mass is 10.0. The molecule has 34 heavy (non-hydrogen) atoms. The van der Waals surface area contributed by atoms with Crippen molar-refractivity contribution in [1.29, 1.82) is 0 Å². The van der Waals surface area contributed by atoms with Crippen molar-refractivity contribution in [1.82, 2.24) is 15.3 Å². The molecule has 3 aromatic rings. The minimum Gasteiger partial charge on any atom is -0.490 e. The Morgan fingerprint density at radius 1 is 1.12 bits per heavy atom. The van der Waals surface area contributed by atoms with Crippen LogP contribution in [0.2, 0.25) is 0 Å². The Balaban J connectivity index is 2.00. The summed E-state index contributed by atoms with van der Waals surface area (Å²) in [7, 11) is 1.13. The van der Waals surface area contributed by atoms with Crippen LogP contribution in [0.15, 0.2) is 48.8 Å². The molecular formula is C20H13F5N4O5. The number of benzene rings is 1. The van der Waals surface area contributed by atoms with Gasteiger partial charge in [-0.1, -0.05) is 6.07 Å². The fraction of sp³-hybridized carbons (Fsp3) is 0.150. The summed E-state index contributed by atoms with van der Waals surface area (Å²) in [6.45, 7) is 0. The monoisotopic (exact) mass is 484 g/mol. The zero-order chi connectivity index (χ0) is 25.0. The second-order valence-corrected chi connectivity index (χ2v) is 6.51. The Hall–Kier alpha value is -4.36. The number of nitrogens with zero attached hydrogens (tertiary/aromatic N) is 3. The first kappa shape index (κ1) is 24.3. The molecule has 9 nitrogen and oxygen atoms in total. The first-order valence-corrected chi connectivity index (χ1v) is 9.15. The van der Waals surface area contributed by atoms with Gasteiger partial charge in [0, 0.05) is 12.3 Å². The van der Waals surface area contributed by atoms with Gasteiger partial charge in [-0.25, -0.2) is 13.8 Å². The van der Waals surface area contributed by atoms with Crippen molar-refractivity contribution in [3.05, 3.63) is 87.5 Å². The van der Waals surface area contributed by atoms with Gasteiger partial charge in [-0.15, -0.1) is 13.2 Å². The van der Waals surface area contributed by atoms with Crippen LogP contribution in [0, 0.1) is 21.7 Å². The molecule has 0 saturated heterocycles. The minimum atomic E-state index is -5.15. The van der Waals surface area contributed by atoms with Crippen molar-refractivity contribution in [3.63, 3.8) is 0 Å². The number of rotatable bonds is 7. The van der Waals surface area contributed by atoms with Gasteiger partial charge in [0.2, 0.25) is 5.75 Å². The highest BCUT2D eigenvalue weighted by Crippen LogP contribution is 2.31. The number of halogens is 5. The number of methoxy groups -OCH3 is 1. The maximum atomic E-state index is 14.4. The van der Waals surface area contributed by atoms with Crippen LogP contribution >= 0.6 is 0 Å². The van der Waals surface area contributed by atoms with Crippen LogP contribution in [0.25, 0.3) is 0 Å². The average Bonchev–Trinajstić information content (AvgIpc) is 2.78. The maximum absolute atomic E-state index is 14.4. The van der Waals surface area contributed by atoms with E-state index in [1.165, 1.54) is 12.3 Å². The van der Waals surface area contributed by atoms with E-state index in [0.29, 0.717) is 12.1 Å². The lowest BCUT2D eigenvalue weighted by Crippen LogP contribution is -2.31. The van der Waals surface area contributed by atoms with Gasteiger partial charge in [-0.3, -0.25) is 19.9 Å².